The third-order valence-electron chi connectivity index (χ3n) is 4.51. The fourth-order valence-electron chi connectivity index (χ4n) is 2.85. The molecule has 29 heavy (non-hydrogen) atoms. The van der Waals surface area contributed by atoms with Gasteiger partial charge in [-0.3, -0.25) is 18.8 Å². The summed E-state index contributed by atoms with van der Waals surface area (Å²) in [6, 6.07) is 5.27. The zero-order valence-electron chi connectivity index (χ0n) is 16.8. The Hall–Kier alpha value is -3.36. The summed E-state index contributed by atoms with van der Waals surface area (Å²) >= 11 is 0. The molecule has 1 N–H and O–H groups in total. The normalized spacial score (nSPS) is 10.9. The van der Waals surface area contributed by atoms with Gasteiger partial charge in [0.2, 0.25) is 5.91 Å². The van der Waals surface area contributed by atoms with Crippen LogP contribution in [0.2, 0.25) is 0 Å². The molecule has 0 atom stereocenters. The predicted octanol–water partition coefficient (Wildman–Crippen LogP) is 2.35. The Kier molecular flexibility index (Phi) is 6.48. The number of anilines is 1. The van der Waals surface area contributed by atoms with Crippen molar-refractivity contribution in [1.29, 1.82) is 0 Å². The van der Waals surface area contributed by atoms with Crippen LogP contribution in [0.25, 0.3) is 11.0 Å². The summed E-state index contributed by atoms with van der Waals surface area (Å²) in [4.78, 5) is 29.2. The molecule has 0 aliphatic rings. The molecular weight excluding hydrogens is 374 g/mol. The van der Waals surface area contributed by atoms with Crippen molar-refractivity contribution < 1.29 is 14.3 Å². The summed E-state index contributed by atoms with van der Waals surface area (Å²) in [5, 5.41) is 7.31. The summed E-state index contributed by atoms with van der Waals surface area (Å²) in [6.07, 6.45) is 4.97. The van der Waals surface area contributed by atoms with Gasteiger partial charge in [0.1, 0.15) is 16.9 Å². The lowest BCUT2D eigenvalue weighted by atomic mass is 10.2. The van der Waals surface area contributed by atoms with Crippen LogP contribution >= 0.6 is 0 Å². The fourth-order valence-corrected chi connectivity index (χ4v) is 2.85. The zero-order chi connectivity index (χ0) is 20.8. The number of carbonyl (C=O) groups excluding carboxylic acids is 1. The third kappa shape index (κ3) is 4.74. The van der Waals surface area contributed by atoms with Crippen molar-refractivity contribution in [1.82, 2.24) is 19.3 Å². The smallest absolute Gasteiger partial charge is 0.264 e. The van der Waals surface area contributed by atoms with Crippen LogP contribution in [0.3, 0.4) is 0 Å². The summed E-state index contributed by atoms with van der Waals surface area (Å²) < 4.78 is 14.0. The van der Waals surface area contributed by atoms with Crippen molar-refractivity contribution in [2.75, 3.05) is 19.0 Å². The summed E-state index contributed by atoms with van der Waals surface area (Å²) in [6.45, 7) is 2.86. The molecule has 0 unspecified atom stereocenters. The van der Waals surface area contributed by atoms with Crippen LogP contribution in [0, 0.1) is 0 Å². The SMILES string of the molecule is CCCCOc1ccc(OC)cc1NC(=O)CCn1cnc2c(cnn2C)c1=O. The molecule has 3 rings (SSSR count). The Morgan fingerprint density at radius 1 is 1.31 bits per heavy atom. The highest BCUT2D eigenvalue weighted by Gasteiger charge is 2.12. The molecule has 2 aromatic heterocycles. The molecule has 0 aliphatic carbocycles. The number of fused-ring (bicyclic) bond motifs is 1. The number of nitrogens with one attached hydrogen (secondary N) is 1. The quantitative estimate of drug-likeness (QED) is 0.555. The number of rotatable bonds is 9. The van der Waals surface area contributed by atoms with E-state index in [4.69, 9.17) is 9.47 Å². The first-order valence-electron chi connectivity index (χ1n) is 9.51. The van der Waals surface area contributed by atoms with Crippen molar-refractivity contribution in [2.45, 2.75) is 32.7 Å². The molecule has 154 valence electrons. The van der Waals surface area contributed by atoms with E-state index < -0.39 is 0 Å². The highest BCUT2D eigenvalue weighted by Crippen LogP contribution is 2.29. The van der Waals surface area contributed by atoms with Crippen LogP contribution in [0.1, 0.15) is 26.2 Å². The number of carbonyl (C=O) groups is 1. The second kappa shape index (κ2) is 9.22. The van der Waals surface area contributed by atoms with E-state index in [9.17, 15) is 9.59 Å². The maximum atomic E-state index is 12.5. The lowest BCUT2D eigenvalue weighted by Crippen LogP contribution is -2.23. The van der Waals surface area contributed by atoms with Gasteiger partial charge in [-0.15, -0.1) is 0 Å². The minimum Gasteiger partial charge on any atom is -0.497 e. The second-order valence-electron chi connectivity index (χ2n) is 6.61. The van der Waals surface area contributed by atoms with Crippen molar-refractivity contribution in [2.24, 2.45) is 7.05 Å². The standard InChI is InChI=1S/C20H25N5O4/c1-4-5-10-29-17-7-6-14(28-3)11-16(17)23-18(26)8-9-25-13-21-19-15(20(25)27)12-22-24(19)2/h6-7,11-13H,4-5,8-10H2,1-3H3,(H,23,26). The number of ether oxygens (including phenoxy) is 2. The Balaban J connectivity index is 1.69. The van der Waals surface area contributed by atoms with E-state index in [-0.39, 0.29) is 24.4 Å². The largest absolute Gasteiger partial charge is 0.497 e. The average molecular weight is 399 g/mol. The molecule has 2 heterocycles. The number of unbranched alkanes of at least 4 members (excludes halogenated alkanes) is 1. The van der Waals surface area contributed by atoms with Crippen molar-refractivity contribution in [3.8, 4) is 11.5 Å². The highest BCUT2D eigenvalue weighted by molar-refractivity contribution is 5.92. The van der Waals surface area contributed by atoms with Gasteiger partial charge in [0.15, 0.2) is 5.65 Å². The van der Waals surface area contributed by atoms with Crippen LogP contribution < -0.4 is 20.3 Å². The highest BCUT2D eigenvalue weighted by atomic mass is 16.5. The van der Waals surface area contributed by atoms with Crippen molar-refractivity contribution >= 4 is 22.6 Å². The monoisotopic (exact) mass is 399 g/mol. The minimum absolute atomic E-state index is 0.110. The van der Waals surface area contributed by atoms with E-state index in [1.54, 1.807) is 32.4 Å². The molecule has 0 saturated heterocycles. The molecule has 1 amide bonds. The lowest BCUT2D eigenvalue weighted by molar-refractivity contribution is -0.116. The van der Waals surface area contributed by atoms with Crippen LogP contribution in [-0.4, -0.2) is 39.0 Å². The number of benzene rings is 1. The van der Waals surface area contributed by atoms with Gasteiger partial charge in [0.25, 0.3) is 5.56 Å². The van der Waals surface area contributed by atoms with Gasteiger partial charge in [-0.25, -0.2) is 4.98 Å². The van der Waals surface area contributed by atoms with Crippen molar-refractivity contribution in [3.63, 3.8) is 0 Å². The van der Waals surface area contributed by atoms with Gasteiger partial charge in [-0.2, -0.15) is 5.10 Å². The Labute approximate surface area is 168 Å². The third-order valence-corrected chi connectivity index (χ3v) is 4.51. The molecular formula is C20H25N5O4. The topological polar surface area (TPSA) is 100 Å². The molecule has 0 aliphatic heterocycles. The van der Waals surface area contributed by atoms with Crippen LogP contribution in [0.5, 0.6) is 11.5 Å². The Morgan fingerprint density at radius 3 is 2.90 bits per heavy atom. The number of aromatic nitrogens is 4. The van der Waals surface area contributed by atoms with Crippen LogP contribution in [0.4, 0.5) is 5.69 Å². The van der Waals surface area contributed by atoms with Gasteiger partial charge in [0.05, 0.1) is 31.9 Å². The minimum atomic E-state index is -0.239. The molecule has 0 bridgehead atoms. The maximum Gasteiger partial charge on any atom is 0.264 e. The zero-order valence-corrected chi connectivity index (χ0v) is 16.8. The van der Waals surface area contributed by atoms with Crippen LogP contribution in [-0.2, 0) is 18.4 Å². The van der Waals surface area contributed by atoms with Gasteiger partial charge in [-0.1, -0.05) is 13.3 Å². The second-order valence-corrected chi connectivity index (χ2v) is 6.61. The molecule has 0 fully saturated rings. The number of amides is 1. The predicted molar refractivity (Wildman–Crippen MR) is 109 cm³/mol. The number of hydrogen-bond donors (Lipinski definition) is 1. The first-order chi connectivity index (χ1) is 14.0. The molecule has 0 saturated carbocycles. The lowest BCUT2D eigenvalue weighted by Gasteiger charge is -2.14. The molecule has 0 radical (unpaired) electrons. The summed E-state index contributed by atoms with van der Waals surface area (Å²) in [7, 11) is 3.29. The molecule has 0 spiro atoms. The van der Waals surface area contributed by atoms with E-state index in [0.29, 0.717) is 34.8 Å². The number of nitrogens with zero attached hydrogens (tertiary/aromatic N) is 4. The fraction of sp³-hybridized carbons (Fsp3) is 0.400. The van der Waals surface area contributed by atoms with E-state index in [1.165, 1.54) is 21.8 Å². The van der Waals surface area contributed by atoms with E-state index in [1.807, 2.05) is 0 Å². The van der Waals surface area contributed by atoms with Crippen molar-refractivity contribution in [3.05, 3.63) is 41.1 Å². The maximum absolute atomic E-state index is 12.5. The van der Waals surface area contributed by atoms with E-state index in [0.717, 1.165) is 12.8 Å². The van der Waals surface area contributed by atoms with E-state index >= 15 is 0 Å². The van der Waals surface area contributed by atoms with Gasteiger partial charge >= 0.3 is 0 Å². The molecule has 9 heteroatoms. The summed E-state index contributed by atoms with van der Waals surface area (Å²) in [5.74, 6) is 0.964. The Bertz CT molecular complexity index is 1060. The Morgan fingerprint density at radius 2 is 2.14 bits per heavy atom. The van der Waals surface area contributed by atoms with Gasteiger partial charge in [-0.05, 0) is 18.6 Å². The first-order valence-corrected chi connectivity index (χ1v) is 9.51. The van der Waals surface area contributed by atoms with E-state index in [2.05, 4.69) is 22.3 Å². The van der Waals surface area contributed by atoms with Crippen LogP contribution in [0.15, 0.2) is 35.5 Å². The number of hydrogen-bond acceptors (Lipinski definition) is 6. The van der Waals surface area contributed by atoms with Gasteiger partial charge in [0, 0.05) is 26.1 Å². The molecule has 1 aromatic carbocycles. The number of aryl methyl sites for hydroxylation is 2. The molecule has 9 nitrogen and oxygen atoms in total. The summed E-state index contributed by atoms with van der Waals surface area (Å²) in [5.41, 5.74) is 0.834. The first kappa shape index (κ1) is 20.4. The molecule has 3 aromatic rings. The average Bonchev–Trinajstić information content (AvgIpc) is 3.10. The number of methoxy groups -OCH3 is 1. The van der Waals surface area contributed by atoms with Gasteiger partial charge < -0.3 is 14.8 Å².